The number of nitrogens with zero attached hydrogens (tertiary/aromatic N) is 3. The minimum Gasteiger partial charge on any atom is -0.359 e. The topological polar surface area (TPSA) is 39.4 Å². The standard InChI is InChI=1S/C26H33N3/c1-4-5-12-25(28-26(2)17-8-9-18-26)29(3)20-21-13-15-22(16-14-21)24-11-7-6-10-23(24)19-27/h6-7,10-11,13-16H,4-5,8-9,12,17-18,20H2,1-3H3. The smallest absolute Gasteiger partial charge is 0.0998 e. The van der Waals surface area contributed by atoms with Gasteiger partial charge in [-0.25, -0.2) is 0 Å². The third-order valence-electron chi connectivity index (χ3n) is 6.01. The predicted molar refractivity (Wildman–Crippen MR) is 122 cm³/mol. The summed E-state index contributed by atoms with van der Waals surface area (Å²) >= 11 is 0. The van der Waals surface area contributed by atoms with E-state index in [4.69, 9.17) is 4.99 Å². The number of nitriles is 1. The molecule has 0 N–H and O–H groups in total. The summed E-state index contributed by atoms with van der Waals surface area (Å²) in [6, 6.07) is 18.7. The molecule has 2 aromatic carbocycles. The highest BCUT2D eigenvalue weighted by molar-refractivity contribution is 5.82. The number of aliphatic imine (C=N–C) groups is 1. The molecule has 0 aliphatic heterocycles. The van der Waals surface area contributed by atoms with Gasteiger partial charge in [0.25, 0.3) is 0 Å². The van der Waals surface area contributed by atoms with Crippen molar-refractivity contribution in [1.82, 2.24) is 4.90 Å². The second-order valence-electron chi connectivity index (χ2n) is 8.55. The van der Waals surface area contributed by atoms with Gasteiger partial charge in [-0.15, -0.1) is 0 Å². The van der Waals surface area contributed by atoms with Crippen molar-refractivity contribution in [2.24, 2.45) is 4.99 Å². The molecule has 152 valence electrons. The molecular formula is C26H33N3. The summed E-state index contributed by atoms with van der Waals surface area (Å²) in [7, 11) is 2.17. The largest absolute Gasteiger partial charge is 0.359 e. The summed E-state index contributed by atoms with van der Waals surface area (Å²) in [5, 5.41) is 9.35. The van der Waals surface area contributed by atoms with Crippen LogP contribution in [0.2, 0.25) is 0 Å². The molecule has 3 nitrogen and oxygen atoms in total. The molecule has 1 saturated carbocycles. The van der Waals surface area contributed by atoms with Crippen molar-refractivity contribution < 1.29 is 0 Å². The van der Waals surface area contributed by atoms with E-state index in [2.05, 4.69) is 56.1 Å². The number of amidine groups is 1. The third kappa shape index (κ3) is 5.48. The molecule has 0 aromatic heterocycles. The van der Waals surface area contributed by atoms with Gasteiger partial charge in [0.15, 0.2) is 0 Å². The van der Waals surface area contributed by atoms with Crippen molar-refractivity contribution >= 4 is 5.84 Å². The molecule has 0 unspecified atom stereocenters. The van der Waals surface area contributed by atoms with E-state index in [-0.39, 0.29) is 5.54 Å². The normalized spacial score (nSPS) is 15.9. The van der Waals surface area contributed by atoms with Crippen LogP contribution in [-0.4, -0.2) is 23.3 Å². The molecule has 3 rings (SSSR count). The van der Waals surface area contributed by atoms with Crippen LogP contribution in [0.3, 0.4) is 0 Å². The molecule has 0 amide bonds. The molecule has 0 heterocycles. The van der Waals surface area contributed by atoms with Crippen molar-refractivity contribution in [2.75, 3.05) is 7.05 Å². The molecule has 0 saturated heterocycles. The molecule has 1 fully saturated rings. The zero-order valence-corrected chi connectivity index (χ0v) is 18.1. The number of rotatable bonds is 7. The maximum atomic E-state index is 9.35. The Bertz CT molecular complexity index is 868. The summed E-state index contributed by atoms with van der Waals surface area (Å²) in [5.41, 5.74) is 4.20. The average molecular weight is 388 g/mol. The Morgan fingerprint density at radius 3 is 2.45 bits per heavy atom. The van der Waals surface area contributed by atoms with Gasteiger partial charge >= 0.3 is 0 Å². The first-order valence-corrected chi connectivity index (χ1v) is 10.9. The Morgan fingerprint density at radius 2 is 1.79 bits per heavy atom. The van der Waals surface area contributed by atoms with Gasteiger partial charge in [0.1, 0.15) is 0 Å². The summed E-state index contributed by atoms with van der Waals surface area (Å²) in [6.07, 6.45) is 8.45. The van der Waals surface area contributed by atoms with Gasteiger partial charge < -0.3 is 4.90 Å². The van der Waals surface area contributed by atoms with Gasteiger partial charge in [0, 0.05) is 20.0 Å². The number of hydrogen-bond acceptors (Lipinski definition) is 2. The van der Waals surface area contributed by atoms with Crippen molar-refractivity contribution in [1.29, 1.82) is 5.26 Å². The molecular weight excluding hydrogens is 354 g/mol. The highest BCUT2D eigenvalue weighted by atomic mass is 15.2. The van der Waals surface area contributed by atoms with Gasteiger partial charge in [0.05, 0.1) is 23.0 Å². The van der Waals surface area contributed by atoms with E-state index in [1.807, 2.05) is 24.3 Å². The van der Waals surface area contributed by atoms with E-state index in [1.165, 1.54) is 49.9 Å². The molecule has 0 spiro atoms. The molecule has 1 aliphatic carbocycles. The lowest BCUT2D eigenvalue weighted by molar-refractivity contribution is 0.441. The van der Waals surface area contributed by atoms with E-state index < -0.39 is 0 Å². The monoisotopic (exact) mass is 387 g/mol. The molecule has 1 aliphatic rings. The Labute approximate surface area is 176 Å². The van der Waals surface area contributed by atoms with Crippen LogP contribution in [0.4, 0.5) is 0 Å². The van der Waals surface area contributed by atoms with Gasteiger partial charge in [-0.2, -0.15) is 5.26 Å². The van der Waals surface area contributed by atoms with E-state index in [0.717, 1.165) is 29.7 Å². The number of unbranched alkanes of at least 4 members (excludes halogenated alkanes) is 1. The highest BCUT2D eigenvalue weighted by Crippen LogP contribution is 2.33. The van der Waals surface area contributed by atoms with Gasteiger partial charge in [-0.05, 0) is 48.9 Å². The Hall–Kier alpha value is -2.60. The van der Waals surface area contributed by atoms with Crippen LogP contribution >= 0.6 is 0 Å². The Morgan fingerprint density at radius 1 is 1.10 bits per heavy atom. The molecule has 29 heavy (non-hydrogen) atoms. The highest BCUT2D eigenvalue weighted by Gasteiger charge is 2.28. The van der Waals surface area contributed by atoms with Crippen LogP contribution in [0.15, 0.2) is 53.5 Å². The minimum atomic E-state index is 0.127. The average Bonchev–Trinajstić information content (AvgIpc) is 3.18. The number of benzene rings is 2. The van der Waals surface area contributed by atoms with Gasteiger partial charge in [-0.1, -0.05) is 68.7 Å². The van der Waals surface area contributed by atoms with Crippen LogP contribution in [0, 0.1) is 11.3 Å². The summed E-state index contributed by atoms with van der Waals surface area (Å²) < 4.78 is 0. The lowest BCUT2D eigenvalue weighted by Crippen LogP contribution is -2.30. The molecule has 0 atom stereocenters. The van der Waals surface area contributed by atoms with Crippen LogP contribution in [0.1, 0.15) is 69.9 Å². The first-order valence-electron chi connectivity index (χ1n) is 10.9. The van der Waals surface area contributed by atoms with Crippen LogP contribution in [-0.2, 0) is 6.54 Å². The fourth-order valence-electron chi connectivity index (χ4n) is 4.21. The first kappa shape index (κ1) is 21.1. The third-order valence-corrected chi connectivity index (χ3v) is 6.01. The fourth-order valence-corrected chi connectivity index (χ4v) is 4.21. The van der Waals surface area contributed by atoms with E-state index in [9.17, 15) is 5.26 Å². The summed E-state index contributed by atoms with van der Waals surface area (Å²) in [6.45, 7) is 5.42. The second kappa shape index (κ2) is 9.74. The van der Waals surface area contributed by atoms with Crippen molar-refractivity contribution in [3.63, 3.8) is 0 Å². The van der Waals surface area contributed by atoms with Gasteiger partial charge in [0.2, 0.25) is 0 Å². The van der Waals surface area contributed by atoms with Crippen LogP contribution in [0.25, 0.3) is 11.1 Å². The predicted octanol–water partition coefficient (Wildman–Crippen LogP) is 6.58. The SMILES string of the molecule is CCCCC(=NC1(C)CCCC1)N(C)Cc1ccc(-c2ccccc2C#N)cc1. The lowest BCUT2D eigenvalue weighted by atomic mass is 9.99. The van der Waals surface area contributed by atoms with Crippen LogP contribution < -0.4 is 0 Å². The second-order valence-corrected chi connectivity index (χ2v) is 8.55. The zero-order chi connectivity index (χ0) is 20.7. The van der Waals surface area contributed by atoms with E-state index >= 15 is 0 Å². The quantitative estimate of drug-likeness (QED) is 0.398. The van der Waals surface area contributed by atoms with E-state index in [1.54, 1.807) is 0 Å². The van der Waals surface area contributed by atoms with Crippen LogP contribution in [0.5, 0.6) is 0 Å². The first-order chi connectivity index (χ1) is 14.0. The van der Waals surface area contributed by atoms with Crippen molar-refractivity contribution in [2.45, 2.75) is 70.9 Å². The Balaban J connectivity index is 1.75. The van der Waals surface area contributed by atoms with Gasteiger partial charge in [-0.3, -0.25) is 4.99 Å². The summed E-state index contributed by atoms with van der Waals surface area (Å²) in [4.78, 5) is 7.57. The zero-order valence-electron chi connectivity index (χ0n) is 18.1. The minimum absolute atomic E-state index is 0.127. The molecule has 0 bridgehead atoms. The molecule has 2 aromatic rings. The summed E-state index contributed by atoms with van der Waals surface area (Å²) in [5.74, 6) is 1.25. The fraction of sp³-hybridized carbons (Fsp3) is 0.462. The maximum Gasteiger partial charge on any atom is 0.0998 e. The van der Waals surface area contributed by atoms with Crippen molar-refractivity contribution in [3.05, 3.63) is 59.7 Å². The lowest BCUT2D eigenvalue weighted by Gasteiger charge is -2.27. The molecule has 0 radical (unpaired) electrons. The number of hydrogen-bond donors (Lipinski definition) is 0. The van der Waals surface area contributed by atoms with Crippen molar-refractivity contribution in [3.8, 4) is 17.2 Å². The maximum absolute atomic E-state index is 9.35. The van der Waals surface area contributed by atoms with E-state index in [0.29, 0.717) is 0 Å². The Kier molecular flexibility index (Phi) is 7.09. The molecule has 3 heteroatoms.